The Labute approximate surface area is 134 Å². The highest BCUT2D eigenvalue weighted by Gasteiger charge is 2.40. The minimum atomic E-state index is -1.68. The number of rotatable bonds is 5. The zero-order valence-corrected chi connectivity index (χ0v) is 13.1. The predicted molar refractivity (Wildman–Crippen MR) is 82.8 cm³/mol. The lowest BCUT2D eigenvalue weighted by Crippen LogP contribution is -2.50. The molecule has 0 atom stereocenters. The van der Waals surface area contributed by atoms with E-state index in [-0.39, 0.29) is 18.7 Å². The van der Waals surface area contributed by atoms with Gasteiger partial charge in [-0.3, -0.25) is 4.79 Å². The van der Waals surface area contributed by atoms with Crippen LogP contribution in [0.2, 0.25) is 5.02 Å². The van der Waals surface area contributed by atoms with Gasteiger partial charge in [-0.25, -0.2) is 4.79 Å². The Kier molecular flexibility index (Phi) is 5.42. The van der Waals surface area contributed by atoms with Gasteiger partial charge in [-0.05, 0) is 30.5 Å². The molecular formula is C16H20ClNO4. The lowest BCUT2D eigenvalue weighted by Gasteiger charge is -2.35. The molecule has 0 aromatic heterocycles. The molecule has 0 bridgehead atoms. The fourth-order valence-corrected chi connectivity index (χ4v) is 2.72. The Hall–Kier alpha value is -1.59. The van der Waals surface area contributed by atoms with Crippen molar-refractivity contribution in [3.8, 4) is 0 Å². The summed E-state index contributed by atoms with van der Waals surface area (Å²) in [7, 11) is 0. The number of aliphatic carboxylic acids is 1. The molecule has 1 aliphatic rings. The van der Waals surface area contributed by atoms with Crippen LogP contribution in [0.25, 0.3) is 0 Å². The normalized spacial score (nSPS) is 17.3. The van der Waals surface area contributed by atoms with Gasteiger partial charge in [-0.1, -0.05) is 23.7 Å². The average molecular weight is 326 g/mol. The first kappa shape index (κ1) is 16.8. The zero-order valence-electron chi connectivity index (χ0n) is 12.3. The molecule has 1 saturated heterocycles. The number of aryl methyl sites for hydroxylation is 1. The number of carboxylic acid groups (broad SMARTS) is 1. The van der Waals surface area contributed by atoms with E-state index in [2.05, 4.69) is 0 Å². The van der Waals surface area contributed by atoms with Crippen molar-refractivity contribution >= 4 is 23.5 Å². The monoisotopic (exact) mass is 325 g/mol. The van der Waals surface area contributed by atoms with Crippen molar-refractivity contribution in [2.75, 3.05) is 13.1 Å². The highest BCUT2D eigenvalue weighted by Crippen LogP contribution is 2.23. The summed E-state index contributed by atoms with van der Waals surface area (Å²) in [5.74, 6) is -1.19. The highest BCUT2D eigenvalue weighted by molar-refractivity contribution is 6.30. The second-order valence-electron chi connectivity index (χ2n) is 5.70. The second kappa shape index (κ2) is 7.11. The molecule has 22 heavy (non-hydrogen) atoms. The molecule has 0 radical (unpaired) electrons. The molecule has 1 heterocycles. The smallest absolute Gasteiger partial charge is 0.335 e. The first-order chi connectivity index (χ1) is 10.4. The molecule has 1 aromatic rings. The minimum absolute atomic E-state index is 0.0152. The van der Waals surface area contributed by atoms with Gasteiger partial charge in [0.15, 0.2) is 5.60 Å². The maximum absolute atomic E-state index is 12.1. The predicted octanol–water partition coefficient (Wildman–Crippen LogP) is 2.10. The van der Waals surface area contributed by atoms with E-state index in [9.17, 15) is 14.7 Å². The standard InChI is InChI=1S/C16H20ClNO4/c17-13-6-4-12(5-7-13)2-1-3-14(19)18-10-8-16(22,9-11-18)15(20)21/h4-7,22H,1-3,8-11H2,(H,20,21). The number of nitrogens with zero attached hydrogens (tertiary/aromatic N) is 1. The van der Waals surface area contributed by atoms with Gasteiger partial charge in [0.2, 0.25) is 5.91 Å². The minimum Gasteiger partial charge on any atom is -0.479 e. The summed E-state index contributed by atoms with van der Waals surface area (Å²) in [6, 6.07) is 7.55. The van der Waals surface area contributed by atoms with Crippen LogP contribution in [0.3, 0.4) is 0 Å². The van der Waals surface area contributed by atoms with Gasteiger partial charge < -0.3 is 15.1 Å². The number of hydrogen-bond donors (Lipinski definition) is 2. The topological polar surface area (TPSA) is 77.8 Å². The van der Waals surface area contributed by atoms with Crippen molar-refractivity contribution in [3.05, 3.63) is 34.9 Å². The summed E-state index contributed by atoms with van der Waals surface area (Å²) in [6.07, 6.45) is 2.14. The number of carbonyl (C=O) groups excluding carboxylic acids is 1. The molecule has 2 rings (SSSR count). The van der Waals surface area contributed by atoms with Gasteiger partial charge in [0.25, 0.3) is 0 Å². The molecule has 1 fully saturated rings. The molecule has 1 amide bonds. The van der Waals surface area contributed by atoms with E-state index in [0.717, 1.165) is 18.4 Å². The third kappa shape index (κ3) is 4.21. The quantitative estimate of drug-likeness (QED) is 0.869. The maximum atomic E-state index is 12.1. The van der Waals surface area contributed by atoms with Crippen LogP contribution < -0.4 is 0 Å². The van der Waals surface area contributed by atoms with Gasteiger partial charge in [-0.2, -0.15) is 0 Å². The fourth-order valence-electron chi connectivity index (χ4n) is 2.59. The lowest BCUT2D eigenvalue weighted by molar-refractivity contribution is -0.165. The third-order valence-electron chi connectivity index (χ3n) is 4.11. The number of benzene rings is 1. The van der Waals surface area contributed by atoms with Gasteiger partial charge >= 0.3 is 5.97 Å². The number of amides is 1. The molecule has 120 valence electrons. The molecule has 1 aliphatic heterocycles. The van der Waals surface area contributed by atoms with Crippen molar-refractivity contribution in [3.63, 3.8) is 0 Å². The number of carboxylic acids is 1. The van der Waals surface area contributed by atoms with Crippen molar-refractivity contribution in [1.29, 1.82) is 0 Å². The van der Waals surface area contributed by atoms with Crippen LogP contribution in [0, 0.1) is 0 Å². The first-order valence-electron chi connectivity index (χ1n) is 7.39. The number of hydrogen-bond acceptors (Lipinski definition) is 3. The molecular weight excluding hydrogens is 306 g/mol. The summed E-state index contributed by atoms with van der Waals surface area (Å²) in [4.78, 5) is 24.7. The molecule has 1 aromatic carbocycles. The van der Waals surface area contributed by atoms with Gasteiger partial charge in [0.1, 0.15) is 0 Å². The van der Waals surface area contributed by atoms with Crippen molar-refractivity contribution in [1.82, 2.24) is 4.90 Å². The number of piperidine rings is 1. The molecule has 0 spiro atoms. The van der Waals surface area contributed by atoms with Crippen LogP contribution in [0.15, 0.2) is 24.3 Å². The van der Waals surface area contributed by atoms with Gasteiger partial charge in [0.05, 0.1) is 0 Å². The molecule has 5 nitrogen and oxygen atoms in total. The Bertz CT molecular complexity index is 536. The van der Waals surface area contributed by atoms with Crippen LogP contribution in [0.4, 0.5) is 0 Å². The van der Waals surface area contributed by atoms with Crippen LogP contribution in [0.5, 0.6) is 0 Å². The number of halogens is 1. The number of carbonyl (C=O) groups is 2. The van der Waals surface area contributed by atoms with Crippen LogP contribution in [0.1, 0.15) is 31.2 Å². The van der Waals surface area contributed by atoms with Crippen molar-refractivity contribution in [2.45, 2.75) is 37.7 Å². The second-order valence-corrected chi connectivity index (χ2v) is 6.13. The summed E-state index contributed by atoms with van der Waals surface area (Å²) < 4.78 is 0. The molecule has 2 N–H and O–H groups in total. The first-order valence-corrected chi connectivity index (χ1v) is 7.76. The Morgan fingerprint density at radius 1 is 1.18 bits per heavy atom. The molecule has 0 unspecified atom stereocenters. The summed E-state index contributed by atoms with van der Waals surface area (Å²) in [5.41, 5.74) is -0.545. The summed E-state index contributed by atoms with van der Waals surface area (Å²) in [5, 5.41) is 19.5. The van der Waals surface area contributed by atoms with Crippen LogP contribution in [-0.2, 0) is 16.0 Å². The van der Waals surface area contributed by atoms with E-state index in [4.69, 9.17) is 16.7 Å². The van der Waals surface area contributed by atoms with E-state index in [1.54, 1.807) is 4.90 Å². The fraction of sp³-hybridized carbons (Fsp3) is 0.500. The van der Waals surface area contributed by atoms with E-state index < -0.39 is 11.6 Å². The van der Waals surface area contributed by atoms with Crippen LogP contribution in [-0.4, -0.2) is 45.7 Å². The zero-order chi connectivity index (χ0) is 16.2. The van der Waals surface area contributed by atoms with E-state index in [0.29, 0.717) is 24.5 Å². The Balaban J connectivity index is 1.74. The summed E-state index contributed by atoms with van der Waals surface area (Å²) in [6.45, 7) is 0.588. The van der Waals surface area contributed by atoms with Crippen LogP contribution >= 0.6 is 11.6 Å². The molecule has 0 aliphatic carbocycles. The Morgan fingerprint density at radius 3 is 2.32 bits per heavy atom. The number of likely N-dealkylation sites (tertiary alicyclic amines) is 1. The average Bonchev–Trinajstić information content (AvgIpc) is 2.49. The number of aliphatic hydroxyl groups is 1. The Morgan fingerprint density at radius 2 is 1.77 bits per heavy atom. The molecule has 6 heteroatoms. The van der Waals surface area contributed by atoms with Gasteiger partial charge in [-0.15, -0.1) is 0 Å². The van der Waals surface area contributed by atoms with E-state index in [1.165, 1.54) is 0 Å². The van der Waals surface area contributed by atoms with Crippen molar-refractivity contribution < 1.29 is 19.8 Å². The van der Waals surface area contributed by atoms with Gasteiger partial charge in [0, 0.05) is 37.4 Å². The highest BCUT2D eigenvalue weighted by atomic mass is 35.5. The molecule has 0 saturated carbocycles. The van der Waals surface area contributed by atoms with E-state index >= 15 is 0 Å². The summed E-state index contributed by atoms with van der Waals surface area (Å²) >= 11 is 5.82. The largest absolute Gasteiger partial charge is 0.479 e. The third-order valence-corrected chi connectivity index (χ3v) is 4.36. The SMILES string of the molecule is O=C(CCCc1ccc(Cl)cc1)N1CCC(O)(C(=O)O)CC1. The van der Waals surface area contributed by atoms with E-state index in [1.807, 2.05) is 24.3 Å². The lowest BCUT2D eigenvalue weighted by atomic mass is 9.91. The maximum Gasteiger partial charge on any atom is 0.335 e. The van der Waals surface area contributed by atoms with Crippen molar-refractivity contribution in [2.24, 2.45) is 0 Å².